The van der Waals surface area contributed by atoms with Crippen molar-refractivity contribution in [2.24, 2.45) is 0 Å². The van der Waals surface area contributed by atoms with Gasteiger partial charge in [-0.25, -0.2) is 0 Å². The maximum atomic E-state index is 13.6. The number of pyridine rings is 1. The number of anilines is 1. The van der Waals surface area contributed by atoms with Crippen LogP contribution in [0.25, 0.3) is 0 Å². The average molecular weight is 487 g/mol. The first-order valence-electron chi connectivity index (χ1n) is 9.37. The Kier molecular flexibility index (Phi) is 9.33. The van der Waals surface area contributed by atoms with Gasteiger partial charge in [-0.1, -0.05) is 54.2 Å². The first-order valence-corrected chi connectivity index (χ1v) is 10.6. The number of halogens is 4. The van der Waals surface area contributed by atoms with E-state index < -0.39 is 35.3 Å². The molecular formula is C22H22ClF3N2O3S. The molecule has 0 fully saturated rings. The van der Waals surface area contributed by atoms with E-state index in [1.54, 1.807) is 25.1 Å². The minimum absolute atomic E-state index is 0.129. The lowest BCUT2D eigenvalue weighted by molar-refractivity contribution is -0.139. The number of carbonyl (C=O) groups excluding carboxylic acids is 1. The molecule has 2 atom stereocenters. The van der Waals surface area contributed by atoms with E-state index in [0.717, 1.165) is 24.1 Å². The zero-order chi connectivity index (χ0) is 23.9. The number of nitrogens with one attached hydrogen (secondary N) is 1. The predicted molar refractivity (Wildman–Crippen MR) is 121 cm³/mol. The summed E-state index contributed by atoms with van der Waals surface area (Å²) in [6.07, 6.45) is -3.39. The molecule has 1 aromatic carbocycles. The van der Waals surface area contributed by atoms with Crippen LogP contribution in [0.2, 0.25) is 0 Å². The third-order valence-electron chi connectivity index (χ3n) is 4.47. The largest absolute Gasteiger partial charge is 0.416 e. The van der Waals surface area contributed by atoms with E-state index in [2.05, 4.69) is 16.9 Å². The summed E-state index contributed by atoms with van der Waals surface area (Å²) >= 11 is 7.06. The van der Waals surface area contributed by atoms with Crippen molar-refractivity contribution in [3.05, 3.63) is 81.3 Å². The van der Waals surface area contributed by atoms with Gasteiger partial charge < -0.3 is 15.2 Å². The van der Waals surface area contributed by atoms with Gasteiger partial charge in [0.1, 0.15) is 11.6 Å². The molecule has 0 amide bonds. The van der Waals surface area contributed by atoms with Gasteiger partial charge in [0, 0.05) is 24.8 Å². The first-order chi connectivity index (χ1) is 15.1. The Morgan fingerprint density at radius 3 is 2.62 bits per heavy atom. The molecule has 0 aliphatic carbocycles. The van der Waals surface area contributed by atoms with Gasteiger partial charge in [0.15, 0.2) is 12.1 Å². The van der Waals surface area contributed by atoms with Crippen molar-refractivity contribution in [3.63, 3.8) is 0 Å². The van der Waals surface area contributed by atoms with Crippen LogP contribution in [0, 0.1) is 0 Å². The monoisotopic (exact) mass is 486 g/mol. The van der Waals surface area contributed by atoms with E-state index in [4.69, 9.17) is 16.3 Å². The second kappa shape index (κ2) is 11.5. The Balaban J connectivity index is 2.47. The summed E-state index contributed by atoms with van der Waals surface area (Å²) in [4.78, 5) is 18.2. The van der Waals surface area contributed by atoms with Crippen LogP contribution in [0.4, 0.5) is 18.9 Å². The third kappa shape index (κ3) is 6.59. The lowest BCUT2D eigenvalue weighted by Crippen LogP contribution is -2.31. The molecule has 32 heavy (non-hydrogen) atoms. The summed E-state index contributed by atoms with van der Waals surface area (Å²) in [5.74, 6) is -2.47. The van der Waals surface area contributed by atoms with Gasteiger partial charge in [-0.2, -0.15) is 13.2 Å². The number of methoxy groups -OCH3 is 1. The number of hydrogen-bond donors (Lipinski definition) is 2. The fraction of sp³-hybridized carbons (Fsp3) is 0.273. The molecule has 0 radical (unpaired) electrons. The molecular weight excluding hydrogens is 465 g/mol. The molecule has 1 heterocycles. The first kappa shape index (κ1) is 25.9. The van der Waals surface area contributed by atoms with Crippen LogP contribution in [0.15, 0.2) is 64.5 Å². The zero-order valence-corrected chi connectivity index (χ0v) is 18.9. The molecule has 0 aliphatic rings. The fourth-order valence-electron chi connectivity index (χ4n) is 3.00. The number of allylic oxidation sites excluding steroid dienone is 1. The summed E-state index contributed by atoms with van der Waals surface area (Å²) < 4.78 is 46.0. The number of rotatable bonds is 10. The highest BCUT2D eigenvalue weighted by molar-refractivity contribution is 8.08. The minimum Gasteiger partial charge on any atom is -0.379 e. The number of thioether (sulfide) groups is 1. The molecule has 2 unspecified atom stereocenters. The van der Waals surface area contributed by atoms with Crippen molar-refractivity contribution in [1.29, 1.82) is 0 Å². The number of benzene rings is 1. The zero-order valence-electron chi connectivity index (χ0n) is 17.3. The summed E-state index contributed by atoms with van der Waals surface area (Å²) in [7, 11) is 1.10. The Morgan fingerprint density at radius 1 is 1.34 bits per heavy atom. The SMILES string of the molecule is C=C(Cl)S/C(=C\C)CNc1cccnc1C(=O)C(c1ccccc1C(F)(F)F)C(O)OC. The summed E-state index contributed by atoms with van der Waals surface area (Å²) in [6, 6.07) is 7.71. The van der Waals surface area contributed by atoms with Crippen LogP contribution in [-0.4, -0.2) is 35.8 Å². The van der Waals surface area contributed by atoms with Crippen LogP contribution in [-0.2, 0) is 10.9 Å². The standard InChI is InChI=1S/C22H22ClF3N2O3S/c1-4-14(32-13(2)23)12-28-17-10-7-11-27-19(17)20(29)18(21(30)31-3)15-8-5-6-9-16(15)22(24,25)26/h4-11,18,21,28,30H,2,12H2,1,3H3/b14-4-. The maximum absolute atomic E-state index is 13.6. The highest BCUT2D eigenvalue weighted by Gasteiger charge is 2.40. The Labute approximate surface area is 193 Å². The van der Waals surface area contributed by atoms with E-state index in [-0.39, 0.29) is 17.9 Å². The topological polar surface area (TPSA) is 71.5 Å². The van der Waals surface area contributed by atoms with Gasteiger partial charge >= 0.3 is 6.18 Å². The van der Waals surface area contributed by atoms with Crippen LogP contribution < -0.4 is 5.32 Å². The molecule has 0 spiro atoms. The van der Waals surface area contributed by atoms with E-state index >= 15 is 0 Å². The number of aliphatic hydroxyl groups is 1. The molecule has 1 aromatic heterocycles. The fourth-order valence-corrected chi connectivity index (χ4v) is 3.84. The quantitative estimate of drug-likeness (QED) is 0.327. The van der Waals surface area contributed by atoms with E-state index in [1.807, 2.05) is 0 Å². The second-order valence-electron chi connectivity index (χ2n) is 6.52. The molecule has 0 saturated carbocycles. The molecule has 2 aromatic rings. The Hall–Kier alpha value is -2.33. The van der Waals surface area contributed by atoms with Crippen molar-refractivity contribution < 1.29 is 27.8 Å². The third-order valence-corrected chi connectivity index (χ3v) is 5.56. The molecule has 172 valence electrons. The second-order valence-corrected chi connectivity index (χ2v) is 8.42. The number of ketones is 1. The van der Waals surface area contributed by atoms with Crippen LogP contribution >= 0.6 is 23.4 Å². The molecule has 10 heteroatoms. The van der Waals surface area contributed by atoms with E-state index in [1.165, 1.54) is 30.1 Å². The molecule has 2 N–H and O–H groups in total. The smallest absolute Gasteiger partial charge is 0.379 e. The molecule has 0 bridgehead atoms. The van der Waals surface area contributed by atoms with Gasteiger partial charge in [0.2, 0.25) is 0 Å². The van der Waals surface area contributed by atoms with Crippen molar-refractivity contribution in [2.45, 2.75) is 25.3 Å². The lowest BCUT2D eigenvalue weighted by atomic mass is 9.88. The van der Waals surface area contributed by atoms with E-state index in [0.29, 0.717) is 4.36 Å². The highest BCUT2D eigenvalue weighted by Crippen LogP contribution is 2.38. The lowest BCUT2D eigenvalue weighted by Gasteiger charge is -2.24. The number of alkyl halides is 3. The van der Waals surface area contributed by atoms with Gasteiger partial charge in [-0.15, -0.1) is 0 Å². The molecule has 0 aliphatic heterocycles. The van der Waals surface area contributed by atoms with Gasteiger partial charge in [-0.05, 0) is 30.7 Å². The van der Waals surface area contributed by atoms with Crippen LogP contribution in [0.1, 0.15) is 34.5 Å². The van der Waals surface area contributed by atoms with Gasteiger partial charge in [0.25, 0.3) is 0 Å². The van der Waals surface area contributed by atoms with Crippen molar-refractivity contribution in [3.8, 4) is 0 Å². The van der Waals surface area contributed by atoms with Crippen LogP contribution in [0.5, 0.6) is 0 Å². The van der Waals surface area contributed by atoms with Gasteiger partial charge in [-0.3, -0.25) is 9.78 Å². The maximum Gasteiger partial charge on any atom is 0.416 e. The minimum atomic E-state index is -4.73. The molecule has 0 saturated heterocycles. The normalized spacial score (nSPS) is 14.0. The van der Waals surface area contributed by atoms with Crippen molar-refractivity contribution in [2.75, 3.05) is 19.0 Å². The Bertz CT molecular complexity index is 998. The van der Waals surface area contributed by atoms with E-state index in [9.17, 15) is 23.1 Å². The highest BCUT2D eigenvalue weighted by atomic mass is 35.5. The summed E-state index contributed by atoms with van der Waals surface area (Å²) in [5.41, 5.74) is -1.28. The number of hydrogen-bond acceptors (Lipinski definition) is 6. The van der Waals surface area contributed by atoms with Crippen molar-refractivity contribution in [1.82, 2.24) is 4.98 Å². The summed E-state index contributed by atoms with van der Waals surface area (Å²) in [5, 5.41) is 13.4. The predicted octanol–water partition coefficient (Wildman–Crippen LogP) is 5.79. The Morgan fingerprint density at radius 2 is 2.03 bits per heavy atom. The number of aromatic nitrogens is 1. The average Bonchev–Trinajstić information content (AvgIpc) is 2.76. The van der Waals surface area contributed by atoms with Crippen LogP contribution in [0.3, 0.4) is 0 Å². The molecule has 2 rings (SSSR count). The van der Waals surface area contributed by atoms with Crippen molar-refractivity contribution >= 4 is 34.8 Å². The number of aliphatic hydroxyl groups excluding tert-OH is 1. The summed E-state index contributed by atoms with van der Waals surface area (Å²) in [6.45, 7) is 5.69. The number of Topliss-reactive ketones (excluding diaryl/α,β-unsaturated/α-hetero) is 1. The number of carbonyl (C=O) groups is 1. The number of nitrogens with zero attached hydrogens (tertiary/aromatic N) is 1. The molecule has 5 nitrogen and oxygen atoms in total. The van der Waals surface area contributed by atoms with Gasteiger partial charge in [0.05, 0.1) is 15.6 Å². The number of ether oxygens (including phenoxy) is 1.